The van der Waals surface area contributed by atoms with Gasteiger partial charge in [-0.05, 0) is 42.7 Å². The molecule has 1 heterocycles. The number of rotatable bonds is 3. The van der Waals surface area contributed by atoms with Crippen molar-refractivity contribution < 1.29 is 4.74 Å². The molecule has 0 spiro atoms. The summed E-state index contributed by atoms with van der Waals surface area (Å²) in [5, 5.41) is 0. The predicted molar refractivity (Wildman–Crippen MR) is 80.4 cm³/mol. The Labute approximate surface area is 117 Å². The van der Waals surface area contributed by atoms with Crippen molar-refractivity contribution >= 4 is 0 Å². The van der Waals surface area contributed by atoms with Gasteiger partial charge >= 0.3 is 0 Å². The highest BCUT2D eigenvalue weighted by Crippen LogP contribution is 2.24. The Morgan fingerprint density at radius 2 is 1.84 bits per heavy atom. The van der Waals surface area contributed by atoms with E-state index in [1.165, 1.54) is 11.1 Å². The van der Waals surface area contributed by atoms with E-state index in [0.29, 0.717) is 6.10 Å². The maximum Gasteiger partial charge on any atom is 0.0733 e. The number of nitrogens with two attached hydrogens (primary N) is 1. The molecule has 3 unspecified atom stereocenters. The van der Waals surface area contributed by atoms with Crippen LogP contribution in [0.2, 0.25) is 0 Å². The molecule has 2 heteroatoms. The molecule has 0 radical (unpaired) electrons. The fraction of sp³-hybridized carbons (Fsp3) is 0.647. The summed E-state index contributed by atoms with van der Waals surface area (Å²) in [5.41, 5.74) is 9.16. The number of hydrogen-bond donors (Lipinski definition) is 1. The van der Waals surface area contributed by atoms with Crippen LogP contribution in [0.4, 0.5) is 0 Å². The summed E-state index contributed by atoms with van der Waals surface area (Å²) in [6.45, 7) is 8.84. The molecule has 1 fully saturated rings. The van der Waals surface area contributed by atoms with Gasteiger partial charge in [-0.15, -0.1) is 0 Å². The first-order chi connectivity index (χ1) is 8.86. The van der Waals surface area contributed by atoms with Crippen molar-refractivity contribution in [3.8, 4) is 0 Å². The molecule has 2 nitrogen and oxygen atoms in total. The SMILES string of the molecule is CC1CCC(C(N)Cc2ccc(C(C)(C)C)cc2)O1. The largest absolute Gasteiger partial charge is 0.374 e. The first kappa shape index (κ1) is 14.5. The second-order valence-corrected chi connectivity index (χ2v) is 6.88. The highest BCUT2D eigenvalue weighted by atomic mass is 16.5. The Balaban J connectivity index is 1.96. The third-order valence-electron chi connectivity index (χ3n) is 4.03. The lowest BCUT2D eigenvalue weighted by atomic mass is 9.86. The minimum absolute atomic E-state index is 0.116. The Hall–Kier alpha value is -0.860. The third kappa shape index (κ3) is 3.80. The smallest absolute Gasteiger partial charge is 0.0733 e. The monoisotopic (exact) mass is 261 g/mol. The quantitative estimate of drug-likeness (QED) is 0.905. The summed E-state index contributed by atoms with van der Waals surface area (Å²) in [7, 11) is 0. The fourth-order valence-corrected chi connectivity index (χ4v) is 2.69. The minimum Gasteiger partial charge on any atom is -0.374 e. The molecule has 0 aliphatic carbocycles. The predicted octanol–water partition coefficient (Wildman–Crippen LogP) is 3.42. The third-order valence-corrected chi connectivity index (χ3v) is 4.03. The second kappa shape index (κ2) is 5.64. The second-order valence-electron chi connectivity index (χ2n) is 6.88. The zero-order chi connectivity index (χ0) is 14.0. The van der Waals surface area contributed by atoms with E-state index in [0.717, 1.165) is 19.3 Å². The van der Waals surface area contributed by atoms with Crippen molar-refractivity contribution in [2.24, 2.45) is 5.73 Å². The number of hydrogen-bond acceptors (Lipinski definition) is 2. The zero-order valence-corrected chi connectivity index (χ0v) is 12.6. The van der Waals surface area contributed by atoms with Crippen molar-refractivity contribution in [3.05, 3.63) is 35.4 Å². The van der Waals surface area contributed by atoms with Gasteiger partial charge in [0.15, 0.2) is 0 Å². The maximum absolute atomic E-state index is 6.27. The summed E-state index contributed by atoms with van der Waals surface area (Å²) in [5.74, 6) is 0. The average molecular weight is 261 g/mol. The highest BCUT2D eigenvalue weighted by Gasteiger charge is 2.27. The van der Waals surface area contributed by atoms with Gasteiger partial charge in [0.25, 0.3) is 0 Å². The molecule has 0 saturated carbocycles. The first-order valence-electron chi connectivity index (χ1n) is 7.37. The number of ether oxygens (including phenoxy) is 1. The Bertz CT molecular complexity index is 404. The van der Waals surface area contributed by atoms with Crippen LogP contribution in [0.5, 0.6) is 0 Å². The van der Waals surface area contributed by atoms with E-state index in [1.807, 2.05) is 0 Å². The topological polar surface area (TPSA) is 35.2 Å². The lowest BCUT2D eigenvalue weighted by Crippen LogP contribution is -2.36. The molecule has 1 aliphatic rings. The van der Waals surface area contributed by atoms with Gasteiger partial charge in [0.1, 0.15) is 0 Å². The van der Waals surface area contributed by atoms with E-state index >= 15 is 0 Å². The van der Waals surface area contributed by atoms with Gasteiger partial charge in [0.2, 0.25) is 0 Å². The summed E-state index contributed by atoms with van der Waals surface area (Å²) < 4.78 is 5.85. The molecule has 1 aliphatic heterocycles. The first-order valence-corrected chi connectivity index (χ1v) is 7.37. The molecular formula is C17H27NO. The molecule has 2 N–H and O–H groups in total. The summed E-state index contributed by atoms with van der Waals surface area (Å²) in [6, 6.07) is 8.98. The van der Waals surface area contributed by atoms with E-state index < -0.39 is 0 Å². The molecule has 1 aromatic rings. The highest BCUT2D eigenvalue weighted by molar-refractivity contribution is 5.28. The normalized spacial score (nSPS) is 25.5. The van der Waals surface area contributed by atoms with E-state index in [1.54, 1.807) is 0 Å². The molecule has 0 aromatic heterocycles. The molecule has 19 heavy (non-hydrogen) atoms. The van der Waals surface area contributed by atoms with Crippen LogP contribution in [-0.2, 0) is 16.6 Å². The standard InChI is InChI=1S/C17H27NO/c1-12-5-10-16(19-12)15(18)11-13-6-8-14(9-7-13)17(2,3)4/h6-9,12,15-16H,5,10-11,18H2,1-4H3. The van der Waals surface area contributed by atoms with Gasteiger partial charge in [-0.3, -0.25) is 0 Å². The van der Waals surface area contributed by atoms with Crippen molar-refractivity contribution in [1.29, 1.82) is 0 Å². The fourth-order valence-electron chi connectivity index (χ4n) is 2.69. The van der Waals surface area contributed by atoms with Gasteiger partial charge in [0.05, 0.1) is 12.2 Å². The van der Waals surface area contributed by atoms with Crippen LogP contribution in [0, 0.1) is 0 Å². The Morgan fingerprint density at radius 1 is 1.21 bits per heavy atom. The summed E-state index contributed by atoms with van der Waals surface area (Å²) in [4.78, 5) is 0. The summed E-state index contributed by atoms with van der Waals surface area (Å²) >= 11 is 0. The van der Waals surface area contributed by atoms with Crippen molar-refractivity contribution in [3.63, 3.8) is 0 Å². The molecule has 1 aromatic carbocycles. The van der Waals surface area contributed by atoms with Crippen LogP contribution in [0.3, 0.4) is 0 Å². The van der Waals surface area contributed by atoms with Gasteiger partial charge in [-0.25, -0.2) is 0 Å². The van der Waals surface area contributed by atoms with Gasteiger partial charge in [0, 0.05) is 6.04 Å². The Morgan fingerprint density at radius 3 is 2.32 bits per heavy atom. The van der Waals surface area contributed by atoms with E-state index in [2.05, 4.69) is 52.0 Å². The van der Waals surface area contributed by atoms with Crippen LogP contribution in [0.25, 0.3) is 0 Å². The molecule has 3 atom stereocenters. The molecule has 106 valence electrons. The average Bonchev–Trinajstić information content (AvgIpc) is 2.75. The molecule has 0 amide bonds. The van der Waals surface area contributed by atoms with Gasteiger partial charge in [-0.1, -0.05) is 45.0 Å². The minimum atomic E-state index is 0.116. The molecular weight excluding hydrogens is 234 g/mol. The summed E-state index contributed by atoms with van der Waals surface area (Å²) in [6.07, 6.45) is 3.75. The lowest BCUT2D eigenvalue weighted by Gasteiger charge is -2.21. The van der Waals surface area contributed by atoms with E-state index in [4.69, 9.17) is 10.5 Å². The van der Waals surface area contributed by atoms with Gasteiger partial charge < -0.3 is 10.5 Å². The lowest BCUT2D eigenvalue weighted by molar-refractivity contribution is 0.0404. The van der Waals surface area contributed by atoms with Crippen LogP contribution >= 0.6 is 0 Å². The van der Waals surface area contributed by atoms with E-state index in [-0.39, 0.29) is 17.6 Å². The molecule has 2 rings (SSSR count). The van der Waals surface area contributed by atoms with Crippen LogP contribution in [0.1, 0.15) is 51.7 Å². The van der Waals surface area contributed by atoms with Crippen molar-refractivity contribution in [2.75, 3.05) is 0 Å². The maximum atomic E-state index is 6.27. The Kier molecular flexibility index (Phi) is 4.32. The zero-order valence-electron chi connectivity index (χ0n) is 12.6. The van der Waals surface area contributed by atoms with Gasteiger partial charge in [-0.2, -0.15) is 0 Å². The van der Waals surface area contributed by atoms with E-state index in [9.17, 15) is 0 Å². The van der Waals surface area contributed by atoms with Crippen molar-refractivity contribution in [2.45, 2.75) is 70.6 Å². The molecule has 0 bridgehead atoms. The van der Waals surface area contributed by atoms with Crippen LogP contribution in [0.15, 0.2) is 24.3 Å². The number of benzene rings is 1. The van der Waals surface area contributed by atoms with Crippen LogP contribution in [-0.4, -0.2) is 18.2 Å². The van der Waals surface area contributed by atoms with Crippen molar-refractivity contribution in [1.82, 2.24) is 0 Å². The molecule has 1 saturated heterocycles. The van der Waals surface area contributed by atoms with Crippen LogP contribution < -0.4 is 5.73 Å².